The van der Waals surface area contributed by atoms with Crippen LogP contribution in [0.25, 0.3) is 0 Å². The third kappa shape index (κ3) is 5.22. The smallest absolute Gasteiger partial charge is 0.0812 e. The Labute approximate surface area is 131 Å². The lowest BCUT2D eigenvalue weighted by Gasteiger charge is -2.44. The molecule has 4 atom stereocenters. The molecule has 3 nitrogen and oxygen atoms in total. The van der Waals surface area contributed by atoms with E-state index in [1.807, 2.05) is 7.11 Å². The largest absolute Gasteiger partial charge is 0.381 e. The van der Waals surface area contributed by atoms with Crippen LogP contribution in [0, 0.1) is 5.92 Å². The molecule has 21 heavy (non-hydrogen) atoms. The van der Waals surface area contributed by atoms with Crippen LogP contribution in [0.15, 0.2) is 0 Å². The van der Waals surface area contributed by atoms with Gasteiger partial charge in [0, 0.05) is 19.7 Å². The van der Waals surface area contributed by atoms with E-state index < -0.39 is 0 Å². The number of hydrogen-bond acceptors (Lipinski definition) is 3. The summed E-state index contributed by atoms with van der Waals surface area (Å²) in [5, 5.41) is 3.64. The molecule has 0 spiro atoms. The van der Waals surface area contributed by atoms with E-state index >= 15 is 0 Å². The second kappa shape index (κ2) is 7.94. The van der Waals surface area contributed by atoms with Crippen molar-refractivity contribution < 1.29 is 9.47 Å². The second-order valence-electron chi connectivity index (χ2n) is 7.68. The molecule has 2 aliphatic rings. The van der Waals surface area contributed by atoms with Crippen LogP contribution in [0.4, 0.5) is 0 Å². The van der Waals surface area contributed by atoms with Gasteiger partial charge in [-0.05, 0) is 44.4 Å². The summed E-state index contributed by atoms with van der Waals surface area (Å²) in [5.74, 6) is 0.787. The van der Waals surface area contributed by atoms with Crippen molar-refractivity contribution in [3.8, 4) is 0 Å². The first-order valence-corrected chi connectivity index (χ1v) is 8.97. The third-order valence-corrected chi connectivity index (χ3v) is 5.21. The van der Waals surface area contributed by atoms with E-state index in [9.17, 15) is 0 Å². The van der Waals surface area contributed by atoms with E-state index in [-0.39, 0.29) is 5.60 Å². The molecule has 2 saturated carbocycles. The maximum Gasteiger partial charge on any atom is 0.0812 e. The molecule has 0 aromatic rings. The monoisotopic (exact) mass is 297 g/mol. The summed E-state index contributed by atoms with van der Waals surface area (Å²) in [7, 11) is 1.84. The van der Waals surface area contributed by atoms with Gasteiger partial charge in [0.05, 0.1) is 17.8 Å². The average Bonchev–Trinajstić information content (AvgIpc) is 2.45. The molecule has 2 aliphatic carbocycles. The molecule has 0 bridgehead atoms. The van der Waals surface area contributed by atoms with Crippen molar-refractivity contribution in [2.45, 2.75) is 96.0 Å². The molecule has 0 saturated heterocycles. The summed E-state index contributed by atoms with van der Waals surface area (Å²) >= 11 is 0. The first kappa shape index (κ1) is 17.2. The summed E-state index contributed by atoms with van der Waals surface area (Å²) in [6.45, 7) is 7.83. The van der Waals surface area contributed by atoms with Gasteiger partial charge in [-0.2, -0.15) is 0 Å². The summed E-state index contributed by atoms with van der Waals surface area (Å²) < 4.78 is 12.3. The van der Waals surface area contributed by atoms with Crippen LogP contribution in [-0.2, 0) is 9.47 Å². The highest BCUT2D eigenvalue weighted by molar-refractivity contribution is 4.91. The van der Waals surface area contributed by atoms with Gasteiger partial charge in [0.15, 0.2) is 0 Å². The van der Waals surface area contributed by atoms with Gasteiger partial charge in [0.25, 0.3) is 0 Å². The molecule has 124 valence electrons. The first-order chi connectivity index (χ1) is 10.0. The van der Waals surface area contributed by atoms with E-state index in [2.05, 4.69) is 26.1 Å². The lowest BCUT2D eigenvalue weighted by molar-refractivity contribution is -0.143. The van der Waals surface area contributed by atoms with Gasteiger partial charge in [0.2, 0.25) is 0 Å². The lowest BCUT2D eigenvalue weighted by Crippen LogP contribution is -2.50. The Bertz CT molecular complexity index is 308. The van der Waals surface area contributed by atoms with Gasteiger partial charge >= 0.3 is 0 Å². The fourth-order valence-electron chi connectivity index (χ4n) is 4.09. The van der Waals surface area contributed by atoms with E-state index in [0.29, 0.717) is 18.2 Å². The van der Waals surface area contributed by atoms with Crippen molar-refractivity contribution in [3.05, 3.63) is 0 Å². The van der Waals surface area contributed by atoms with Crippen LogP contribution in [0.3, 0.4) is 0 Å². The molecule has 0 aliphatic heterocycles. The van der Waals surface area contributed by atoms with Crippen molar-refractivity contribution in [3.63, 3.8) is 0 Å². The van der Waals surface area contributed by atoms with E-state index in [1.54, 1.807) is 0 Å². The molecule has 0 radical (unpaired) electrons. The van der Waals surface area contributed by atoms with Crippen molar-refractivity contribution in [2.75, 3.05) is 13.7 Å². The fraction of sp³-hybridized carbons (Fsp3) is 1.00. The van der Waals surface area contributed by atoms with Crippen LogP contribution in [0.5, 0.6) is 0 Å². The molecule has 2 fully saturated rings. The van der Waals surface area contributed by atoms with Crippen molar-refractivity contribution in [1.82, 2.24) is 5.32 Å². The highest BCUT2D eigenvalue weighted by Gasteiger charge is 2.39. The topological polar surface area (TPSA) is 30.5 Å². The Kier molecular flexibility index (Phi) is 6.51. The Morgan fingerprint density at radius 3 is 2.57 bits per heavy atom. The van der Waals surface area contributed by atoms with Gasteiger partial charge < -0.3 is 14.8 Å². The molecule has 4 unspecified atom stereocenters. The lowest BCUT2D eigenvalue weighted by atomic mass is 9.78. The van der Waals surface area contributed by atoms with Gasteiger partial charge in [0.1, 0.15) is 0 Å². The summed E-state index contributed by atoms with van der Waals surface area (Å²) in [4.78, 5) is 0. The zero-order valence-corrected chi connectivity index (χ0v) is 14.5. The average molecular weight is 297 g/mol. The Morgan fingerprint density at radius 2 is 1.90 bits per heavy atom. The number of methoxy groups -OCH3 is 1. The van der Waals surface area contributed by atoms with E-state index in [4.69, 9.17) is 9.47 Å². The Hall–Kier alpha value is -0.120. The zero-order valence-electron chi connectivity index (χ0n) is 14.5. The van der Waals surface area contributed by atoms with Gasteiger partial charge in [-0.25, -0.2) is 0 Å². The van der Waals surface area contributed by atoms with Crippen molar-refractivity contribution in [2.24, 2.45) is 5.92 Å². The molecular formula is C18H35NO2. The van der Waals surface area contributed by atoms with Gasteiger partial charge in [-0.3, -0.25) is 0 Å². The minimum atomic E-state index is 0.0578. The fourth-order valence-corrected chi connectivity index (χ4v) is 4.09. The summed E-state index contributed by atoms with van der Waals surface area (Å²) in [6.07, 6.45) is 10.6. The minimum Gasteiger partial charge on any atom is -0.381 e. The highest BCUT2D eigenvalue weighted by atomic mass is 16.5. The molecule has 0 heterocycles. The molecular weight excluding hydrogens is 262 g/mol. The summed E-state index contributed by atoms with van der Waals surface area (Å²) in [6, 6.07) is 0.529. The molecule has 1 N–H and O–H groups in total. The number of ether oxygens (including phenoxy) is 2. The molecule has 0 amide bonds. The minimum absolute atomic E-state index is 0.0578. The van der Waals surface area contributed by atoms with Gasteiger partial charge in [-0.1, -0.05) is 33.6 Å². The van der Waals surface area contributed by atoms with E-state index in [1.165, 1.54) is 44.9 Å². The normalized spacial score (nSPS) is 37.9. The predicted molar refractivity (Wildman–Crippen MR) is 87.6 cm³/mol. The highest BCUT2D eigenvalue weighted by Crippen LogP contribution is 2.38. The SMILES string of the molecule is COC1CCCC(OC2(CNC(C)C)CCCC(C)C2)C1. The third-order valence-electron chi connectivity index (χ3n) is 5.21. The number of hydrogen-bond donors (Lipinski definition) is 1. The summed E-state index contributed by atoms with van der Waals surface area (Å²) in [5.41, 5.74) is 0.0578. The Balaban J connectivity index is 1.97. The molecule has 0 aromatic heterocycles. The van der Waals surface area contributed by atoms with Crippen LogP contribution in [0.1, 0.15) is 72.1 Å². The number of rotatable bonds is 6. The van der Waals surface area contributed by atoms with Crippen LogP contribution < -0.4 is 5.32 Å². The molecule has 2 rings (SSSR count). The number of nitrogens with one attached hydrogen (secondary N) is 1. The first-order valence-electron chi connectivity index (χ1n) is 8.97. The van der Waals surface area contributed by atoms with Crippen molar-refractivity contribution in [1.29, 1.82) is 0 Å². The second-order valence-corrected chi connectivity index (χ2v) is 7.68. The maximum absolute atomic E-state index is 6.73. The zero-order chi connectivity index (χ0) is 15.3. The van der Waals surface area contributed by atoms with Crippen LogP contribution >= 0.6 is 0 Å². The van der Waals surface area contributed by atoms with E-state index in [0.717, 1.165) is 18.9 Å². The predicted octanol–water partition coefficient (Wildman–Crippen LogP) is 3.91. The van der Waals surface area contributed by atoms with Crippen molar-refractivity contribution >= 4 is 0 Å². The van der Waals surface area contributed by atoms with Gasteiger partial charge in [-0.15, -0.1) is 0 Å². The quantitative estimate of drug-likeness (QED) is 0.806. The Morgan fingerprint density at radius 1 is 1.14 bits per heavy atom. The van der Waals surface area contributed by atoms with Crippen LogP contribution in [-0.4, -0.2) is 37.5 Å². The van der Waals surface area contributed by atoms with Crippen LogP contribution in [0.2, 0.25) is 0 Å². The maximum atomic E-state index is 6.73. The molecule has 0 aromatic carbocycles. The molecule has 3 heteroatoms. The standard InChI is InChI=1S/C18H35NO2/c1-14(2)19-13-18(10-6-7-15(3)12-18)21-17-9-5-8-16(11-17)20-4/h14-17,19H,5-13H2,1-4H3.